The molecule has 23 heavy (non-hydrogen) atoms. The van der Waals surface area contributed by atoms with Crippen molar-refractivity contribution >= 4 is 5.96 Å². The van der Waals surface area contributed by atoms with E-state index in [2.05, 4.69) is 39.4 Å². The van der Waals surface area contributed by atoms with Gasteiger partial charge in [0.25, 0.3) is 0 Å². The van der Waals surface area contributed by atoms with Gasteiger partial charge in [0.15, 0.2) is 5.96 Å². The van der Waals surface area contributed by atoms with Gasteiger partial charge in [0.2, 0.25) is 5.89 Å². The predicted molar refractivity (Wildman–Crippen MR) is 95.8 cm³/mol. The van der Waals surface area contributed by atoms with Crippen molar-refractivity contribution in [2.75, 3.05) is 33.2 Å². The highest BCUT2D eigenvalue weighted by atomic mass is 16.4. The summed E-state index contributed by atoms with van der Waals surface area (Å²) < 4.78 is 5.56. The molecular formula is C17H33N5O. The lowest BCUT2D eigenvalue weighted by molar-refractivity contribution is 0.271. The van der Waals surface area contributed by atoms with Crippen LogP contribution in [0.25, 0.3) is 0 Å². The van der Waals surface area contributed by atoms with Crippen molar-refractivity contribution in [3.05, 3.63) is 17.3 Å². The van der Waals surface area contributed by atoms with Crippen LogP contribution in [0.3, 0.4) is 0 Å². The second-order valence-corrected chi connectivity index (χ2v) is 5.80. The highest BCUT2D eigenvalue weighted by molar-refractivity contribution is 5.79. The van der Waals surface area contributed by atoms with Gasteiger partial charge < -0.3 is 20.0 Å². The average molecular weight is 323 g/mol. The second kappa shape index (κ2) is 11.0. The Morgan fingerprint density at radius 1 is 1.13 bits per heavy atom. The summed E-state index contributed by atoms with van der Waals surface area (Å²) in [6.07, 6.45) is 3.54. The van der Waals surface area contributed by atoms with Gasteiger partial charge in [-0.3, -0.25) is 4.99 Å². The number of aromatic nitrogens is 1. The van der Waals surface area contributed by atoms with Gasteiger partial charge >= 0.3 is 0 Å². The van der Waals surface area contributed by atoms with Crippen molar-refractivity contribution in [2.24, 2.45) is 4.99 Å². The van der Waals surface area contributed by atoms with Gasteiger partial charge in [-0.15, -0.1) is 0 Å². The molecule has 0 aromatic carbocycles. The van der Waals surface area contributed by atoms with Crippen molar-refractivity contribution < 1.29 is 4.42 Å². The average Bonchev–Trinajstić information content (AvgIpc) is 2.85. The van der Waals surface area contributed by atoms with Crippen molar-refractivity contribution in [3.63, 3.8) is 0 Å². The molecule has 0 radical (unpaired) electrons. The first-order valence-corrected chi connectivity index (χ1v) is 8.70. The monoisotopic (exact) mass is 323 g/mol. The Kier molecular flexibility index (Phi) is 9.36. The fourth-order valence-electron chi connectivity index (χ4n) is 2.47. The smallest absolute Gasteiger partial charge is 0.214 e. The van der Waals surface area contributed by atoms with Gasteiger partial charge in [0.05, 0.1) is 12.2 Å². The van der Waals surface area contributed by atoms with Crippen molar-refractivity contribution in [3.8, 4) is 0 Å². The number of hydrogen-bond acceptors (Lipinski definition) is 4. The van der Waals surface area contributed by atoms with E-state index in [0.29, 0.717) is 12.4 Å². The summed E-state index contributed by atoms with van der Waals surface area (Å²) in [5.41, 5.74) is 0.941. The third-order valence-corrected chi connectivity index (χ3v) is 3.73. The van der Waals surface area contributed by atoms with Crippen LogP contribution in [0.2, 0.25) is 0 Å². The molecular weight excluding hydrogens is 290 g/mol. The molecule has 1 aromatic heterocycles. The third kappa shape index (κ3) is 7.50. The number of oxazole rings is 1. The summed E-state index contributed by atoms with van der Waals surface area (Å²) in [5.74, 6) is 2.35. The normalized spacial score (nSPS) is 12.0. The van der Waals surface area contributed by atoms with Crippen LogP contribution in [0.4, 0.5) is 0 Å². The third-order valence-electron chi connectivity index (χ3n) is 3.73. The fraction of sp³-hybridized carbons (Fsp3) is 0.765. The minimum atomic E-state index is 0.548. The number of nitrogens with one attached hydrogen (secondary N) is 2. The van der Waals surface area contributed by atoms with Crippen LogP contribution >= 0.6 is 0 Å². The molecule has 0 saturated heterocycles. The van der Waals surface area contributed by atoms with Gasteiger partial charge in [-0.25, -0.2) is 4.98 Å². The largest absolute Gasteiger partial charge is 0.444 e. The number of hydrogen-bond donors (Lipinski definition) is 2. The zero-order chi connectivity index (χ0) is 17.1. The van der Waals surface area contributed by atoms with Crippen molar-refractivity contribution in [1.82, 2.24) is 20.5 Å². The van der Waals surface area contributed by atoms with Crippen LogP contribution in [0.5, 0.6) is 0 Å². The molecule has 2 N–H and O–H groups in total. The lowest BCUT2D eigenvalue weighted by atomic mass is 10.3. The molecule has 1 heterocycles. The first kappa shape index (κ1) is 19.5. The summed E-state index contributed by atoms with van der Waals surface area (Å²) in [4.78, 5) is 11.1. The Bertz CT molecular complexity index is 444. The standard InChI is InChI=1S/C17H33N5O/c1-6-10-22(11-7-2)12-8-9-19-17(18-5)20-13-16-21-14(3)15(4)23-16/h6-13H2,1-5H3,(H2,18,19,20). The van der Waals surface area contributed by atoms with E-state index in [9.17, 15) is 0 Å². The van der Waals surface area contributed by atoms with E-state index < -0.39 is 0 Å². The molecule has 0 atom stereocenters. The number of aliphatic imine (C=N–C) groups is 1. The van der Waals surface area contributed by atoms with Gasteiger partial charge in [0.1, 0.15) is 5.76 Å². The molecule has 0 spiro atoms. The first-order chi connectivity index (χ1) is 11.1. The van der Waals surface area contributed by atoms with Crippen molar-refractivity contribution in [1.29, 1.82) is 0 Å². The fourth-order valence-corrected chi connectivity index (χ4v) is 2.47. The summed E-state index contributed by atoms with van der Waals surface area (Å²) in [6, 6.07) is 0. The number of guanidine groups is 1. The number of aryl methyl sites for hydroxylation is 2. The predicted octanol–water partition coefficient (Wildman–Crippen LogP) is 2.47. The van der Waals surface area contributed by atoms with E-state index in [-0.39, 0.29) is 0 Å². The minimum Gasteiger partial charge on any atom is -0.444 e. The molecule has 0 amide bonds. The molecule has 1 rings (SSSR count). The van der Waals surface area contributed by atoms with Gasteiger partial charge in [0, 0.05) is 13.6 Å². The minimum absolute atomic E-state index is 0.548. The Morgan fingerprint density at radius 2 is 1.83 bits per heavy atom. The molecule has 0 fully saturated rings. The van der Waals surface area contributed by atoms with Gasteiger partial charge in [-0.05, 0) is 52.7 Å². The van der Waals surface area contributed by atoms with E-state index in [1.165, 1.54) is 25.9 Å². The summed E-state index contributed by atoms with van der Waals surface area (Å²) in [6.45, 7) is 13.3. The van der Waals surface area contributed by atoms with Gasteiger partial charge in [-0.1, -0.05) is 13.8 Å². The molecule has 1 aromatic rings. The topological polar surface area (TPSA) is 65.7 Å². The quantitative estimate of drug-likeness (QED) is 0.393. The summed E-state index contributed by atoms with van der Waals surface area (Å²) in [5, 5.41) is 6.58. The maximum atomic E-state index is 5.56. The van der Waals surface area contributed by atoms with E-state index in [1.54, 1.807) is 7.05 Å². The lowest BCUT2D eigenvalue weighted by Crippen LogP contribution is -2.38. The zero-order valence-corrected chi connectivity index (χ0v) is 15.4. The van der Waals surface area contributed by atoms with Crippen LogP contribution in [-0.2, 0) is 6.54 Å². The Labute approximate surface area is 140 Å². The summed E-state index contributed by atoms with van der Waals surface area (Å²) >= 11 is 0. The van der Waals surface area contributed by atoms with E-state index in [4.69, 9.17) is 4.42 Å². The SMILES string of the molecule is CCCN(CCC)CCCNC(=NC)NCc1nc(C)c(C)o1. The van der Waals surface area contributed by atoms with E-state index in [1.807, 2.05) is 13.8 Å². The zero-order valence-electron chi connectivity index (χ0n) is 15.4. The van der Waals surface area contributed by atoms with Crippen molar-refractivity contribution in [2.45, 2.75) is 53.5 Å². The van der Waals surface area contributed by atoms with Crippen LogP contribution in [0, 0.1) is 13.8 Å². The lowest BCUT2D eigenvalue weighted by Gasteiger charge is -2.21. The number of nitrogens with zero attached hydrogens (tertiary/aromatic N) is 3. The molecule has 132 valence electrons. The molecule has 0 unspecified atom stereocenters. The molecule has 0 aliphatic rings. The van der Waals surface area contributed by atoms with Crippen LogP contribution in [-0.4, -0.2) is 49.1 Å². The Morgan fingerprint density at radius 3 is 2.35 bits per heavy atom. The molecule has 6 heteroatoms. The summed E-state index contributed by atoms with van der Waals surface area (Å²) in [7, 11) is 1.78. The molecule has 0 saturated carbocycles. The molecule has 0 aliphatic heterocycles. The highest BCUT2D eigenvalue weighted by Crippen LogP contribution is 2.07. The first-order valence-electron chi connectivity index (χ1n) is 8.70. The van der Waals surface area contributed by atoms with Gasteiger partial charge in [-0.2, -0.15) is 0 Å². The maximum absolute atomic E-state index is 5.56. The second-order valence-electron chi connectivity index (χ2n) is 5.80. The van der Waals surface area contributed by atoms with E-state index in [0.717, 1.165) is 36.9 Å². The number of rotatable bonds is 10. The Balaban J connectivity index is 2.26. The molecule has 6 nitrogen and oxygen atoms in total. The highest BCUT2D eigenvalue weighted by Gasteiger charge is 2.06. The van der Waals surface area contributed by atoms with Crippen LogP contribution in [0.1, 0.15) is 50.5 Å². The molecule has 0 aliphatic carbocycles. The van der Waals surface area contributed by atoms with E-state index >= 15 is 0 Å². The van der Waals surface area contributed by atoms with Crippen LogP contribution in [0.15, 0.2) is 9.41 Å². The maximum Gasteiger partial charge on any atom is 0.214 e. The Hall–Kier alpha value is -1.56. The van der Waals surface area contributed by atoms with Crippen LogP contribution < -0.4 is 10.6 Å². The molecule has 0 bridgehead atoms.